The second-order valence-electron chi connectivity index (χ2n) is 3.52. The summed E-state index contributed by atoms with van der Waals surface area (Å²) in [7, 11) is 0. The zero-order chi connectivity index (χ0) is 12.4. The third-order valence-corrected chi connectivity index (χ3v) is 2.61. The van der Waals surface area contributed by atoms with Gasteiger partial charge >= 0.3 is 5.63 Å². The molecular weight excluding hydrogens is 240 g/mol. The molecule has 4 heteroatoms. The number of fused-ring (bicyclic) bond motifs is 1. The Morgan fingerprint density at radius 2 is 2.24 bits per heavy atom. The van der Waals surface area contributed by atoms with Crippen molar-refractivity contribution in [3.8, 4) is 18.1 Å². The second kappa shape index (κ2) is 4.52. The lowest BCUT2D eigenvalue weighted by molar-refractivity contribution is 0.371. The summed E-state index contributed by atoms with van der Waals surface area (Å²) in [5.41, 5.74) is 0.842. The van der Waals surface area contributed by atoms with E-state index in [1.54, 1.807) is 12.1 Å². The van der Waals surface area contributed by atoms with Crippen molar-refractivity contribution in [3.63, 3.8) is 0 Å². The maximum absolute atomic E-state index is 11.2. The zero-order valence-electron chi connectivity index (χ0n) is 9.12. The molecule has 0 amide bonds. The van der Waals surface area contributed by atoms with Gasteiger partial charge in [-0.25, -0.2) is 4.79 Å². The van der Waals surface area contributed by atoms with Crippen LogP contribution in [0.2, 0.25) is 5.02 Å². The van der Waals surface area contributed by atoms with Crippen molar-refractivity contribution in [2.45, 2.75) is 6.92 Å². The van der Waals surface area contributed by atoms with Crippen molar-refractivity contribution < 1.29 is 9.15 Å². The van der Waals surface area contributed by atoms with Crippen LogP contribution in [0.15, 0.2) is 27.4 Å². The van der Waals surface area contributed by atoms with E-state index in [1.807, 2.05) is 6.92 Å². The minimum absolute atomic E-state index is 0.140. The van der Waals surface area contributed by atoms with E-state index >= 15 is 0 Å². The average molecular weight is 249 g/mol. The molecule has 17 heavy (non-hydrogen) atoms. The van der Waals surface area contributed by atoms with E-state index in [0.717, 1.165) is 10.9 Å². The van der Waals surface area contributed by atoms with Crippen molar-refractivity contribution in [2.75, 3.05) is 6.61 Å². The molecule has 0 saturated heterocycles. The van der Waals surface area contributed by atoms with Crippen molar-refractivity contribution in [2.24, 2.45) is 0 Å². The van der Waals surface area contributed by atoms with Gasteiger partial charge in [-0.15, -0.1) is 6.42 Å². The first-order valence-electron chi connectivity index (χ1n) is 4.92. The molecule has 2 rings (SSSR count). The minimum atomic E-state index is -0.400. The van der Waals surface area contributed by atoms with Crippen LogP contribution in [0.4, 0.5) is 0 Å². The van der Waals surface area contributed by atoms with Crippen molar-refractivity contribution >= 4 is 22.6 Å². The van der Waals surface area contributed by atoms with Gasteiger partial charge in [0.25, 0.3) is 0 Å². The van der Waals surface area contributed by atoms with Gasteiger partial charge in [0.05, 0.1) is 5.02 Å². The van der Waals surface area contributed by atoms with Gasteiger partial charge in [-0.3, -0.25) is 0 Å². The molecule has 1 heterocycles. The van der Waals surface area contributed by atoms with Gasteiger partial charge < -0.3 is 9.15 Å². The number of ether oxygens (including phenoxy) is 1. The Kier molecular flexibility index (Phi) is 3.08. The summed E-state index contributed by atoms with van der Waals surface area (Å²) in [6.45, 7) is 1.96. The predicted octanol–water partition coefficient (Wildman–Crippen LogP) is 2.77. The Hall–Kier alpha value is -1.92. The summed E-state index contributed by atoms with van der Waals surface area (Å²) >= 11 is 5.99. The molecule has 0 saturated carbocycles. The monoisotopic (exact) mass is 248 g/mol. The highest BCUT2D eigenvalue weighted by molar-refractivity contribution is 6.32. The van der Waals surface area contributed by atoms with Gasteiger partial charge in [0.2, 0.25) is 0 Å². The summed E-state index contributed by atoms with van der Waals surface area (Å²) in [6, 6.07) is 4.69. The zero-order valence-corrected chi connectivity index (χ0v) is 9.88. The van der Waals surface area contributed by atoms with Crippen molar-refractivity contribution in [3.05, 3.63) is 39.2 Å². The Morgan fingerprint density at radius 1 is 1.47 bits per heavy atom. The average Bonchev–Trinajstić information content (AvgIpc) is 2.26. The molecule has 0 aliphatic rings. The molecule has 0 radical (unpaired) electrons. The third-order valence-electron chi connectivity index (χ3n) is 2.31. The molecule has 86 valence electrons. The molecule has 0 aliphatic heterocycles. The van der Waals surface area contributed by atoms with E-state index in [0.29, 0.717) is 16.4 Å². The standard InChI is InChI=1S/C13H9ClO3/c1-3-4-16-12-6-9-8(2)5-13(15)17-11(9)7-10(12)14/h1,5-7H,4H2,2H3. The number of halogens is 1. The Balaban J connectivity index is 2.64. The van der Waals surface area contributed by atoms with Gasteiger partial charge in [0.15, 0.2) is 0 Å². The molecule has 1 aromatic heterocycles. The Bertz CT molecular complexity index is 665. The van der Waals surface area contributed by atoms with Crippen molar-refractivity contribution in [1.29, 1.82) is 0 Å². The summed E-state index contributed by atoms with van der Waals surface area (Å²) in [6.07, 6.45) is 5.11. The molecule has 0 fully saturated rings. The Morgan fingerprint density at radius 3 is 2.94 bits per heavy atom. The molecule has 0 unspecified atom stereocenters. The first-order chi connectivity index (χ1) is 8.11. The second-order valence-corrected chi connectivity index (χ2v) is 3.93. The highest BCUT2D eigenvalue weighted by Gasteiger charge is 2.08. The molecule has 0 bridgehead atoms. The van der Waals surface area contributed by atoms with Gasteiger partial charge in [0, 0.05) is 17.5 Å². The predicted molar refractivity (Wildman–Crippen MR) is 66.6 cm³/mol. The third kappa shape index (κ3) is 2.27. The number of benzene rings is 1. The van der Waals surface area contributed by atoms with Crippen LogP contribution in [-0.4, -0.2) is 6.61 Å². The van der Waals surface area contributed by atoms with Crippen molar-refractivity contribution in [1.82, 2.24) is 0 Å². The van der Waals surface area contributed by atoms with Crippen LogP contribution in [-0.2, 0) is 0 Å². The first-order valence-corrected chi connectivity index (χ1v) is 5.30. The van der Waals surface area contributed by atoms with Crippen LogP contribution in [0, 0.1) is 19.3 Å². The normalized spacial score (nSPS) is 10.2. The molecular formula is C13H9ClO3. The van der Waals surface area contributed by atoms with E-state index in [4.69, 9.17) is 27.2 Å². The van der Waals surface area contributed by atoms with E-state index in [-0.39, 0.29) is 6.61 Å². The van der Waals surface area contributed by atoms with E-state index < -0.39 is 5.63 Å². The fourth-order valence-corrected chi connectivity index (χ4v) is 1.76. The van der Waals surface area contributed by atoms with Crippen LogP contribution in [0.5, 0.6) is 5.75 Å². The number of hydrogen-bond donors (Lipinski definition) is 0. The summed E-state index contributed by atoms with van der Waals surface area (Å²) < 4.78 is 10.3. The van der Waals surface area contributed by atoms with E-state index in [9.17, 15) is 4.79 Å². The van der Waals surface area contributed by atoms with Gasteiger partial charge in [-0.2, -0.15) is 0 Å². The Labute approximate surface area is 103 Å². The van der Waals surface area contributed by atoms with Crippen LogP contribution < -0.4 is 10.4 Å². The lowest BCUT2D eigenvalue weighted by atomic mass is 10.1. The van der Waals surface area contributed by atoms with E-state index in [2.05, 4.69) is 5.92 Å². The van der Waals surface area contributed by atoms with Crippen LogP contribution in [0.25, 0.3) is 11.0 Å². The van der Waals surface area contributed by atoms with Gasteiger partial charge in [0.1, 0.15) is 17.9 Å². The van der Waals surface area contributed by atoms with Gasteiger partial charge in [-0.05, 0) is 18.6 Å². The summed E-state index contributed by atoms with van der Waals surface area (Å²) in [5.74, 6) is 2.84. The lowest BCUT2D eigenvalue weighted by Gasteiger charge is -2.07. The maximum atomic E-state index is 11.2. The first kappa shape index (κ1) is 11.6. The summed E-state index contributed by atoms with van der Waals surface area (Å²) in [4.78, 5) is 11.2. The SMILES string of the molecule is C#CCOc1cc2c(C)cc(=O)oc2cc1Cl. The van der Waals surface area contributed by atoms with Crippen LogP contribution in [0.3, 0.4) is 0 Å². The maximum Gasteiger partial charge on any atom is 0.336 e. The minimum Gasteiger partial charge on any atom is -0.479 e. The summed E-state index contributed by atoms with van der Waals surface area (Å²) in [5, 5.41) is 1.14. The fourth-order valence-electron chi connectivity index (χ4n) is 1.55. The fraction of sp³-hybridized carbons (Fsp3) is 0.154. The molecule has 2 aromatic rings. The highest BCUT2D eigenvalue weighted by Crippen LogP contribution is 2.30. The van der Waals surface area contributed by atoms with Crippen LogP contribution in [0.1, 0.15) is 5.56 Å². The number of aryl methyl sites for hydroxylation is 1. The molecule has 0 spiro atoms. The molecule has 0 atom stereocenters. The highest BCUT2D eigenvalue weighted by atomic mass is 35.5. The molecule has 1 aromatic carbocycles. The van der Waals surface area contributed by atoms with Crippen LogP contribution >= 0.6 is 11.6 Å². The number of rotatable bonds is 2. The quantitative estimate of drug-likeness (QED) is 0.606. The largest absolute Gasteiger partial charge is 0.479 e. The topological polar surface area (TPSA) is 39.4 Å². The lowest BCUT2D eigenvalue weighted by Crippen LogP contribution is -1.99. The smallest absolute Gasteiger partial charge is 0.336 e. The molecule has 0 N–H and O–H groups in total. The number of hydrogen-bond acceptors (Lipinski definition) is 3. The molecule has 0 aliphatic carbocycles. The molecule has 3 nitrogen and oxygen atoms in total. The number of terminal acetylenes is 1. The van der Waals surface area contributed by atoms with E-state index in [1.165, 1.54) is 6.07 Å². The van der Waals surface area contributed by atoms with Gasteiger partial charge in [-0.1, -0.05) is 17.5 Å².